The standard InChI is InChI=1S/C54H46N6O6/c1-61-45-23-15-35(16-24-45)55-51-27-19-41-31-47(51)48-32-42(20-28-52(48)55)58(64-4)38-9-13-40(14-10-38)60(66-6)44-22-30-54-50(34-44)49-33-43(59(65-5)39-11-7-37(8-12-39)57(41)63-3)21-29-53(49)56(54)36-17-25-46(62-2)26-18-36/h7-34H,1-6H3. The van der Waals surface area contributed by atoms with Gasteiger partial charge in [0, 0.05) is 32.9 Å². The number of aromatic nitrogens is 6. The molecule has 0 aliphatic carbocycles. The van der Waals surface area contributed by atoms with Crippen LogP contribution in [0.3, 0.4) is 0 Å². The van der Waals surface area contributed by atoms with Crippen LogP contribution in [-0.2, 0) is 0 Å². The molecule has 0 aliphatic heterocycles. The minimum atomic E-state index is 0.791. The van der Waals surface area contributed by atoms with Gasteiger partial charge < -0.3 is 38.0 Å². The summed E-state index contributed by atoms with van der Waals surface area (Å²) >= 11 is 0. The first-order chi connectivity index (χ1) is 32.4. The van der Waals surface area contributed by atoms with Crippen molar-refractivity contribution in [2.24, 2.45) is 0 Å². The van der Waals surface area contributed by atoms with Gasteiger partial charge in [-0.15, -0.1) is 0 Å². The molecule has 8 aromatic carbocycles. The van der Waals surface area contributed by atoms with Crippen molar-refractivity contribution in [3.05, 3.63) is 170 Å². The molecule has 328 valence electrons. The Morgan fingerprint density at radius 2 is 0.485 bits per heavy atom. The zero-order valence-electron chi connectivity index (χ0n) is 37.3. The lowest BCUT2D eigenvalue weighted by Crippen LogP contribution is -2.08. The molecule has 12 nitrogen and oxygen atoms in total. The lowest BCUT2D eigenvalue weighted by Gasteiger charge is -2.12. The van der Waals surface area contributed by atoms with Crippen molar-refractivity contribution in [1.29, 1.82) is 0 Å². The van der Waals surface area contributed by atoms with Gasteiger partial charge in [-0.25, -0.2) is 0 Å². The molecule has 14 rings (SSSR count). The summed E-state index contributed by atoms with van der Waals surface area (Å²) in [5, 5.41) is 4.14. The van der Waals surface area contributed by atoms with E-state index in [1.54, 1.807) is 42.7 Å². The number of methoxy groups -OCH3 is 2. The molecule has 0 saturated heterocycles. The van der Waals surface area contributed by atoms with Crippen LogP contribution in [0, 0.1) is 0 Å². The van der Waals surface area contributed by atoms with Crippen LogP contribution in [0.25, 0.3) is 99.1 Å². The van der Waals surface area contributed by atoms with Gasteiger partial charge in [-0.1, -0.05) is 0 Å². The van der Waals surface area contributed by atoms with E-state index in [2.05, 4.69) is 106 Å². The van der Waals surface area contributed by atoms with Gasteiger partial charge in [-0.05, 0) is 170 Å². The summed E-state index contributed by atoms with van der Waals surface area (Å²) in [6.07, 6.45) is 0. The summed E-state index contributed by atoms with van der Waals surface area (Å²) in [6, 6.07) is 58.1. The second-order valence-electron chi connectivity index (χ2n) is 15.8. The Kier molecular flexibility index (Phi) is 9.84. The largest absolute Gasteiger partial charge is 0.497 e. The highest BCUT2D eigenvalue weighted by molar-refractivity contribution is 6.13. The normalized spacial score (nSPS) is 11.5. The Bertz CT molecular complexity index is 3350. The Morgan fingerprint density at radius 3 is 0.697 bits per heavy atom. The Labute approximate surface area is 378 Å². The second-order valence-corrected chi connectivity index (χ2v) is 15.8. The van der Waals surface area contributed by atoms with Crippen molar-refractivity contribution in [3.8, 4) is 22.9 Å². The first kappa shape index (κ1) is 40.2. The van der Waals surface area contributed by atoms with E-state index in [1.165, 1.54) is 0 Å². The van der Waals surface area contributed by atoms with Crippen molar-refractivity contribution in [1.82, 2.24) is 28.1 Å². The Hall–Kier alpha value is -8.64. The van der Waals surface area contributed by atoms with Crippen LogP contribution in [0.2, 0.25) is 0 Å². The molecule has 0 spiro atoms. The van der Waals surface area contributed by atoms with Gasteiger partial charge in [-0.3, -0.25) is 0 Å². The smallest absolute Gasteiger partial charge is 0.119 e. The zero-order chi connectivity index (χ0) is 45.1. The van der Waals surface area contributed by atoms with Gasteiger partial charge >= 0.3 is 0 Å². The van der Waals surface area contributed by atoms with Crippen molar-refractivity contribution in [2.45, 2.75) is 0 Å². The molecule has 6 heterocycles. The quantitative estimate of drug-likeness (QED) is 0.151. The molecule has 0 radical (unpaired) electrons. The Morgan fingerprint density at radius 1 is 0.258 bits per heavy atom. The summed E-state index contributed by atoms with van der Waals surface area (Å²) in [6.45, 7) is 0. The number of rotatable bonds is 8. The van der Waals surface area contributed by atoms with E-state index in [1.807, 2.05) is 91.7 Å². The Balaban J connectivity index is 1.25. The first-order valence-corrected chi connectivity index (χ1v) is 21.5. The molecule has 66 heavy (non-hydrogen) atoms. The predicted molar refractivity (Wildman–Crippen MR) is 264 cm³/mol. The highest BCUT2D eigenvalue weighted by Gasteiger charge is 2.17. The van der Waals surface area contributed by atoms with Crippen LogP contribution in [0.4, 0.5) is 0 Å². The summed E-state index contributed by atoms with van der Waals surface area (Å²) in [4.78, 5) is 24.5. The first-order valence-electron chi connectivity index (χ1n) is 21.5. The molecule has 12 heteroatoms. The van der Waals surface area contributed by atoms with Crippen molar-refractivity contribution >= 4 is 87.7 Å². The van der Waals surface area contributed by atoms with Gasteiger partial charge in [0.15, 0.2) is 0 Å². The summed E-state index contributed by atoms with van der Waals surface area (Å²) in [5.41, 5.74) is 12.9. The molecule has 0 unspecified atom stereocenters. The topological polar surface area (TPSA) is 85.0 Å². The molecule has 0 amide bonds. The van der Waals surface area contributed by atoms with E-state index < -0.39 is 0 Å². The molecule has 6 aromatic heterocycles. The summed E-state index contributed by atoms with van der Waals surface area (Å²) < 4.78 is 22.9. The van der Waals surface area contributed by atoms with Crippen molar-refractivity contribution in [3.63, 3.8) is 0 Å². The number of ether oxygens (including phenoxy) is 2. The fraction of sp³-hybridized carbons (Fsp3) is 0.111. The maximum atomic E-state index is 6.14. The second kappa shape index (κ2) is 16.2. The average Bonchev–Trinajstić information content (AvgIpc) is 3.87. The number of hydrogen-bond acceptors (Lipinski definition) is 6. The SMILES string of the molecule is COc1ccc(-n2c3ccc4cc3c3cc(ccc32)n(OC)c2ccc(cc2)n(OC)c2ccc3c(c2)c2cc(ccc2n3-c2ccc(OC)cc2)n(OC)c2ccc(cc2)n4OC)cc1. The lowest BCUT2D eigenvalue weighted by molar-refractivity contribution is 0.187. The minimum Gasteiger partial charge on any atom is -0.497 e. The van der Waals surface area contributed by atoms with Gasteiger partial charge in [0.25, 0.3) is 0 Å². The zero-order valence-corrected chi connectivity index (χ0v) is 37.3. The van der Waals surface area contributed by atoms with E-state index in [0.29, 0.717) is 0 Å². The van der Waals surface area contributed by atoms with Crippen LogP contribution in [0.1, 0.15) is 0 Å². The number of nitrogens with zero attached hydrogens (tertiary/aromatic N) is 6. The van der Waals surface area contributed by atoms with Gasteiger partial charge in [-0.2, -0.15) is 18.9 Å². The highest BCUT2D eigenvalue weighted by Crippen LogP contribution is 2.36. The van der Waals surface area contributed by atoms with E-state index in [9.17, 15) is 0 Å². The fourth-order valence-corrected chi connectivity index (χ4v) is 9.41. The average molecular weight is 875 g/mol. The molecule has 0 N–H and O–H groups in total. The van der Waals surface area contributed by atoms with Gasteiger partial charge in [0.05, 0.1) is 80.4 Å². The maximum absolute atomic E-state index is 6.14. The van der Waals surface area contributed by atoms with E-state index >= 15 is 0 Å². The number of benzene rings is 8. The number of hydrogen-bond donors (Lipinski definition) is 0. The highest BCUT2D eigenvalue weighted by atomic mass is 16.7. The maximum Gasteiger partial charge on any atom is 0.119 e. The van der Waals surface area contributed by atoms with E-state index in [0.717, 1.165) is 111 Å². The summed E-state index contributed by atoms with van der Waals surface area (Å²) in [7, 11) is 10.1. The van der Waals surface area contributed by atoms with Crippen LogP contribution in [0.15, 0.2) is 170 Å². The molecule has 0 fully saturated rings. The van der Waals surface area contributed by atoms with Crippen LogP contribution in [-0.4, -0.2) is 70.7 Å². The fourth-order valence-electron chi connectivity index (χ4n) is 9.41. The van der Waals surface area contributed by atoms with Crippen molar-refractivity contribution in [2.75, 3.05) is 42.7 Å². The van der Waals surface area contributed by atoms with E-state index in [-0.39, 0.29) is 0 Å². The molecular formula is C54H46N6O6. The molecule has 14 aromatic rings. The van der Waals surface area contributed by atoms with Crippen molar-refractivity contribution < 1.29 is 28.8 Å². The monoisotopic (exact) mass is 874 g/mol. The van der Waals surface area contributed by atoms with Gasteiger partial charge in [0.2, 0.25) is 0 Å². The van der Waals surface area contributed by atoms with Crippen LogP contribution >= 0.6 is 0 Å². The summed E-state index contributed by atoms with van der Waals surface area (Å²) in [5.74, 6) is 1.58. The minimum absolute atomic E-state index is 0.791. The third-order valence-corrected chi connectivity index (χ3v) is 12.4. The molecule has 0 atom stereocenters. The third kappa shape index (κ3) is 6.44. The lowest BCUT2D eigenvalue weighted by atomic mass is 10.1. The predicted octanol–water partition coefficient (Wildman–Crippen LogP) is 10.8. The van der Waals surface area contributed by atoms with Crippen LogP contribution < -0.4 is 28.8 Å². The van der Waals surface area contributed by atoms with Crippen LogP contribution in [0.5, 0.6) is 11.5 Å². The molecular weight excluding hydrogens is 829 g/mol. The third-order valence-electron chi connectivity index (χ3n) is 12.4. The van der Waals surface area contributed by atoms with E-state index in [4.69, 9.17) is 28.8 Å². The molecule has 0 aliphatic rings. The van der Waals surface area contributed by atoms with Gasteiger partial charge in [0.1, 0.15) is 39.9 Å². The molecule has 0 saturated carbocycles. The molecule has 12 bridgehead atoms.